The second kappa shape index (κ2) is 3.71. The molecular formula is C10H16N2O4. The van der Waals surface area contributed by atoms with Crippen molar-refractivity contribution in [2.75, 3.05) is 13.2 Å². The highest BCUT2D eigenvalue weighted by atomic mass is 16.5. The van der Waals surface area contributed by atoms with Gasteiger partial charge >= 0.3 is 5.97 Å². The third-order valence-electron chi connectivity index (χ3n) is 3.48. The van der Waals surface area contributed by atoms with E-state index in [9.17, 15) is 9.59 Å². The molecule has 1 saturated carbocycles. The average molecular weight is 228 g/mol. The molecule has 2 aliphatic rings. The van der Waals surface area contributed by atoms with E-state index in [1.165, 1.54) is 0 Å². The van der Waals surface area contributed by atoms with E-state index in [0.717, 1.165) is 6.42 Å². The smallest absolute Gasteiger partial charge is 0.331 e. The summed E-state index contributed by atoms with van der Waals surface area (Å²) in [6.45, 7) is 0.369. The average Bonchev–Trinajstić information content (AvgIpc) is 2.63. The molecule has 1 unspecified atom stereocenters. The molecule has 1 amide bonds. The van der Waals surface area contributed by atoms with Crippen LogP contribution in [0.4, 0.5) is 0 Å². The summed E-state index contributed by atoms with van der Waals surface area (Å²) in [4.78, 5) is 23.0. The number of aliphatic carboxylic acids is 1. The number of rotatable bonds is 3. The van der Waals surface area contributed by atoms with Crippen LogP contribution in [0.5, 0.6) is 0 Å². The molecule has 4 N–H and O–H groups in total. The normalized spacial score (nSPS) is 31.8. The van der Waals surface area contributed by atoms with Crippen LogP contribution in [0, 0.1) is 0 Å². The lowest BCUT2D eigenvalue weighted by atomic mass is 9.76. The lowest BCUT2D eigenvalue weighted by molar-refractivity contribution is -0.149. The molecular weight excluding hydrogens is 212 g/mol. The second-order valence-electron chi connectivity index (χ2n) is 4.65. The van der Waals surface area contributed by atoms with Gasteiger partial charge in [0.15, 0.2) is 5.54 Å². The van der Waals surface area contributed by atoms with Gasteiger partial charge in [-0.1, -0.05) is 0 Å². The van der Waals surface area contributed by atoms with Gasteiger partial charge in [-0.25, -0.2) is 4.79 Å². The number of hydrogen-bond acceptors (Lipinski definition) is 4. The Morgan fingerprint density at radius 2 is 2.00 bits per heavy atom. The standard InChI is InChI=1S/C10H16N2O4/c11-9(2-1-3-9)7(13)12-10(8(14)15)4-5-16-6-10/h1-6,11H2,(H,12,13)(H,14,15). The SMILES string of the molecule is NC1(C(=O)NC2(C(=O)O)CCOC2)CCC1. The molecule has 0 radical (unpaired) electrons. The Hall–Kier alpha value is -1.14. The highest BCUT2D eigenvalue weighted by molar-refractivity contribution is 5.92. The van der Waals surface area contributed by atoms with Crippen molar-refractivity contribution in [1.29, 1.82) is 0 Å². The zero-order valence-corrected chi connectivity index (χ0v) is 8.99. The predicted octanol–water partition coefficient (Wildman–Crippen LogP) is -0.772. The third kappa shape index (κ3) is 1.68. The van der Waals surface area contributed by atoms with Crippen LogP contribution in [0.1, 0.15) is 25.7 Å². The van der Waals surface area contributed by atoms with E-state index < -0.39 is 17.0 Å². The molecule has 1 atom stereocenters. The van der Waals surface area contributed by atoms with E-state index in [1.807, 2.05) is 0 Å². The van der Waals surface area contributed by atoms with Crippen LogP contribution in [-0.4, -0.2) is 41.3 Å². The Bertz CT molecular complexity index is 319. The maximum absolute atomic E-state index is 11.9. The minimum Gasteiger partial charge on any atom is -0.479 e. The number of ether oxygens (including phenoxy) is 1. The van der Waals surface area contributed by atoms with E-state index in [0.29, 0.717) is 25.9 Å². The van der Waals surface area contributed by atoms with Crippen molar-refractivity contribution in [3.63, 3.8) is 0 Å². The fourth-order valence-corrected chi connectivity index (χ4v) is 2.01. The molecule has 1 saturated heterocycles. The van der Waals surface area contributed by atoms with E-state index in [-0.39, 0.29) is 12.5 Å². The van der Waals surface area contributed by atoms with Crippen LogP contribution in [0.2, 0.25) is 0 Å². The van der Waals surface area contributed by atoms with Crippen molar-refractivity contribution in [3.8, 4) is 0 Å². The summed E-state index contributed by atoms with van der Waals surface area (Å²) in [5, 5.41) is 11.7. The van der Waals surface area contributed by atoms with Gasteiger partial charge in [0.2, 0.25) is 5.91 Å². The number of nitrogens with one attached hydrogen (secondary N) is 1. The Morgan fingerprint density at radius 3 is 2.38 bits per heavy atom. The van der Waals surface area contributed by atoms with Crippen LogP contribution in [0.3, 0.4) is 0 Å². The monoisotopic (exact) mass is 228 g/mol. The Morgan fingerprint density at radius 1 is 1.31 bits per heavy atom. The molecule has 16 heavy (non-hydrogen) atoms. The first-order valence-corrected chi connectivity index (χ1v) is 5.41. The maximum atomic E-state index is 11.9. The van der Waals surface area contributed by atoms with Crippen molar-refractivity contribution in [3.05, 3.63) is 0 Å². The lowest BCUT2D eigenvalue weighted by Crippen LogP contribution is -2.65. The van der Waals surface area contributed by atoms with Gasteiger partial charge in [-0.15, -0.1) is 0 Å². The van der Waals surface area contributed by atoms with Crippen molar-refractivity contribution >= 4 is 11.9 Å². The summed E-state index contributed by atoms with van der Waals surface area (Å²) in [6.07, 6.45) is 2.45. The number of carbonyl (C=O) groups excluding carboxylic acids is 1. The molecule has 2 rings (SSSR count). The lowest BCUT2D eigenvalue weighted by Gasteiger charge is -2.38. The van der Waals surface area contributed by atoms with Gasteiger partial charge in [-0.05, 0) is 19.3 Å². The number of carboxylic acid groups (broad SMARTS) is 1. The van der Waals surface area contributed by atoms with Gasteiger partial charge < -0.3 is 20.9 Å². The van der Waals surface area contributed by atoms with Crippen LogP contribution < -0.4 is 11.1 Å². The largest absolute Gasteiger partial charge is 0.479 e. The first-order valence-electron chi connectivity index (χ1n) is 5.41. The van der Waals surface area contributed by atoms with Crippen molar-refractivity contribution in [2.24, 2.45) is 5.73 Å². The molecule has 0 spiro atoms. The van der Waals surface area contributed by atoms with Crippen LogP contribution in [0.25, 0.3) is 0 Å². The van der Waals surface area contributed by atoms with Gasteiger partial charge in [-0.3, -0.25) is 4.79 Å². The van der Waals surface area contributed by atoms with E-state index >= 15 is 0 Å². The molecule has 6 nitrogen and oxygen atoms in total. The second-order valence-corrected chi connectivity index (χ2v) is 4.65. The molecule has 6 heteroatoms. The maximum Gasteiger partial charge on any atom is 0.331 e. The molecule has 90 valence electrons. The fourth-order valence-electron chi connectivity index (χ4n) is 2.01. The highest BCUT2D eigenvalue weighted by Crippen LogP contribution is 2.30. The molecule has 2 fully saturated rings. The first kappa shape index (κ1) is 11.3. The zero-order chi connectivity index (χ0) is 11.8. The minimum atomic E-state index is -1.28. The van der Waals surface area contributed by atoms with E-state index in [2.05, 4.69) is 5.32 Å². The molecule has 0 bridgehead atoms. The molecule has 0 aromatic heterocycles. The van der Waals surface area contributed by atoms with Gasteiger partial charge in [0, 0.05) is 13.0 Å². The zero-order valence-electron chi connectivity index (χ0n) is 8.99. The molecule has 1 heterocycles. The first-order chi connectivity index (χ1) is 7.49. The number of amides is 1. The van der Waals surface area contributed by atoms with Crippen LogP contribution >= 0.6 is 0 Å². The topological polar surface area (TPSA) is 102 Å². The van der Waals surface area contributed by atoms with Gasteiger partial charge in [0.1, 0.15) is 0 Å². The van der Waals surface area contributed by atoms with Gasteiger partial charge in [0.05, 0.1) is 12.1 Å². The summed E-state index contributed by atoms with van der Waals surface area (Å²) in [5.41, 5.74) is 3.69. The third-order valence-corrected chi connectivity index (χ3v) is 3.48. The number of carboxylic acids is 1. The molecule has 1 aliphatic heterocycles. The van der Waals surface area contributed by atoms with Crippen molar-refractivity contribution < 1.29 is 19.4 Å². The summed E-state index contributed by atoms with van der Waals surface area (Å²) < 4.78 is 5.05. The minimum absolute atomic E-state index is 0.0180. The molecule has 0 aromatic rings. The van der Waals surface area contributed by atoms with Crippen molar-refractivity contribution in [1.82, 2.24) is 5.32 Å². The van der Waals surface area contributed by atoms with E-state index in [1.54, 1.807) is 0 Å². The van der Waals surface area contributed by atoms with Gasteiger partial charge in [-0.2, -0.15) is 0 Å². The summed E-state index contributed by atoms with van der Waals surface area (Å²) in [5.74, 6) is -1.42. The summed E-state index contributed by atoms with van der Waals surface area (Å²) in [7, 11) is 0. The Labute approximate surface area is 93.1 Å². The molecule has 0 aromatic carbocycles. The number of carbonyl (C=O) groups is 2. The fraction of sp³-hybridized carbons (Fsp3) is 0.800. The van der Waals surface area contributed by atoms with Crippen molar-refractivity contribution in [2.45, 2.75) is 36.8 Å². The number of nitrogens with two attached hydrogens (primary N) is 1. The Balaban J connectivity index is 2.06. The predicted molar refractivity (Wildman–Crippen MR) is 54.7 cm³/mol. The summed E-state index contributed by atoms with van der Waals surface area (Å²) in [6, 6.07) is 0. The van der Waals surface area contributed by atoms with Crippen LogP contribution in [-0.2, 0) is 14.3 Å². The number of hydrogen-bond donors (Lipinski definition) is 3. The summed E-state index contributed by atoms with van der Waals surface area (Å²) >= 11 is 0. The van der Waals surface area contributed by atoms with E-state index in [4.69, 9.17) is 15.6 Å². The highest BCUT2D eigenvalue weighted by Gasteiger charge is 2.49. The van der Waals surface area contributed by atoms with Crippen LogP contribution in [0.15, 0.2) is 0 Å². The molecule has 1 aliphatic carbocycles. The van der Waals surface area contributed by atoms with Gasteiger partial charge in [0.25, 0.3) is 0 Å². The quantitative estimate of drug-likeness (QED) is 0.588. The Kier molecular flexibility index (Phi) is 2.63.